The Kier molecular flexibility index (Phi) is 3.39. The lowest BCUT2D eigenvalue weighted by atomic mass is 10.2. The average Bonchev–Trinajstić information content (AvgIpc) is 2.97. The molecule has 2 aromatic heterocycles. The van der Waals surface area contributed by atoms with Crippen LogP contribution in [-0.4, -0.2) is 11.7 Å². The van der Waals surface area contributed by atoms with Crippen LogP contribution in [0.3, 0.4) is 0 Å². The molecule has 0 unspecified atom stereocenters. The van der Waals surface area contributed by atoms with Gasteiger partial charge in [-0.1, -0.05) is 0 Å². The van der Waals surface area contributed by atoms with Gasteiger partial charge in [0, 0.05) is 11.8 Å². The van der Waals surface area contributed by atoms with Gasteiger partial charge in [-0.3, -0.25) is 9.59 Å². The summed E-state index contributed by atoms with van der Waals surface area (Å²) in [6, 6.07) is 6.89. The van der Waals surface area contributed by atoms with Crippen molar-refractivity contribution in [1.29, 1.82) is 0 Å². The zero-order chi connectivity index (χ0) is 12.3. The molecular formula is C12H11NO3S. The number of carbonyl (C=O) groups is 2. The monoisotopic (exact) mass is 249 g/mol. The summed E-state index contributed by atoms with van der Waals surface area (Å²) in [6.45, 7) is 1.91. The van der Waals surface area contributed by atoms with E-state index >= 15 is 0 Å². The van der Waals surface area contributed by atoms with Crippen LogP contribution in [0.15, 0.2) is 34.9 Å². The van der Waals surface area contributed by atoms with E-state index in [2.05, 4.69) is 5.32 Å². The summed E-state index contributed by atoms with van der Waals surface area (Å²) in [6.07, 6.45) is 1.47. The van der Waals surface area contributed by atoms with Crippen molar-refractivity contribution in [1.82, 2.24) is 5.32 Å². The molecule has 5 heteroatoms. The molecule has 0 saturated heterocycles. The molecular weight excluding hydrogens is 238 g/mol. The summed E-state index contributed by atoms with van der Waals surface area (Å²) >= 11 is 1.36. The third kappa shape index (κ3) is 2.82. The molecule has 0 aliphatic carbocycles. The summed E-state index contributed by atoms with van der Waals surface area (Å²) in [4.78, 5) is 24.2. The zero-order valence-electron chi connectivity index (χ0n) is 9.23. The van der Waals surface area contributed by atoms with E-state index in [0.29, 0.717) is 17.2 Å². The largest absolute Gasteiger partial charge is 0.461 e. The highest BCUT2D eigenvalue weighted by Gasteiger charge is 2.14. The smallest absolute Gasteiger partial charge is 0.238 e. The van der Waals surface area contributed by atoms with Crippen LogP contribution in [0.4, 0.5) is 0 Å². The van der Waals surface area contributed by atoms with Crippen molar-refractivity contribution in [2.45, 2.75) is 13.5 Å². The first-order valence-corrected chi connectivity index (χ1v) is 5.90. The molecule has 0 aromatic carbocycles. The van der Waals surface area contributed by atoms with Gasteiger partial charge in [0.1, 0.15) is 0 Å². The number of furan rings is 1. The minimum Gasteiger partial charge on any atom is -0.461 e. The Morgan fingerprint density at radius 3 is 2.82 bits per heavy atom. The molecule has 88 valence electrons. The van der Waals surface area contributed by atoms with E-state index in [4.69, 9.17) is 4.42 Å². The van der Waals surface area contributed by atoms with Crippen LogP contribution >= 0.6 is 11.3 Å². The zero-order valence-corrected chi connectivity index (χ0v) is 10.0. The molecule has 4 nitrogen and oxygen atoms in total. The van der Waals surface area contributed by atoms with Crippen molar-refractivity contribution < 1.29 is 14.0 Å². The van der Waals surface area contributed by atoms with Crippen LogP contribution in [0.2, 0.25) is 0 Å². The normalized spacial score (nSPS) is 10.2. The van der Waals surface area contributed by atoms with Gasteiger partial charge in [0.2, 0.25) is 11.7 Å². The molecule has 0 aliphatic rings. The second kappa shape index (κ2) is 4.97. The molecule has 0 spiro atoms. The van der Waals surface area contributed by atoms with E-state index in [1.54, 1.807) is 18.2 Å². The molecule has 0 fully saturated rings. The molecule has 2 rings (SSSR count). The highest BCUT2D eigenvalue weighted by molar-refractivity contribution is 7.14. The SMILES string of the molecule is CC(=O)NCc1ccc(C(=O)c2ccco2)s1. The Labute approximate surface area is 102 Å². The number of ketones is 1. The topological polar surface area (TPSA) is 59.3 Å². The molecule has 1 amide bonds. The Morgan fingerprint density at radius 2 is 2.18 bits per heavy atom. The van der Waals surface area contributed by atoms with E-state index in [0.717, 1.165) is 4.88 Å². The van der Waals surface area contributed by atoms with E-state index in [1.807, 2.05) is 6.07 Å². The number of carbonyl (C=O) groups excluding carboxylic acids is 2. The van der Waals surface area contributed by atoms with Crippen molar-refractivity contribution in [3.05, 3.63) is 46.0 Å². The molecule has 0 radical (unpaired) electrons. The van der Waals surface area contributed by atoms with Gasteiger partial charge >= 0.3 is 0 Å². The van der Waals surface area contributed by atoms with Gasteiger partial charge in [0.05, 0.1) is 17.7 Å². The fourth-order valence-electron chi connectivity index (χ4n) is 1.34. The molecule has 0 saturated carbocycles. The van der Waals surface area contributed by atoms with Crippen molar-refractivity contribution in [2.75, 3.05) is 0 Å². The maximum atomic E-state index is 11.9. The number of amides is 1. The van der Waals surface area contributed by atoms with Crippen LogP contribution in [0.5, 0.6) is 0 Å². The third-order valence-corrected chi connectivity index (χ3v) is 3.23. The summed E-state index contributed by atoms with van der Waals surface area (Å²) in [5, 5.41) is 2.69. The quantitative estimate of drug-likeness (QED) is 0.845. The van der Waals surface area contributed by atoms with E-state index in [-0.39, 0.29) is 11.7 Å². The maximum Gasteiger partial charge on any atom is 0.238 e. The van der Waals surface area contributed by atoms with Gasteiger partial charge in [-0.25, -0.2) is 0 Å². The Morgan fingerprint density at radius 1 is 1.35 bits per heavy atom. The van der Waals surface area contributed by atoms with Crippen LogP contribution in [0.1, 0.15) is 27.2 Å². The van der Waals surface area contributed by atoms with Crippen molar-refractivity contribution in [2.24, 2.45) is 0 Å². The lowest BCUT2D eigenvalue weighted by molar-refractivity contribution is -0.119. The minimum atomic E-state index is -0.130. The standard InChI is InChI=1S/C12H11NO3S/c1-8(14)13-7-9-4-5-11(17-9)12(15)10-3-2-6-16-10/h2-6H,7H2,1H3,(H,13,14). The molecule has 2 aromatic rings. The predicted octanol–water partition coefficient (Wildman–Crippen LogP) is 2.21. The second-order valence-corrected chi connectivity index (χ2v) is 4.65. The van der Waals surface area contributed by atoms with Crippen molar-refractivity contribution in [3.63, 3.8) is 0 Å². The molecule has 17 heavy (non-hydrogen) atoms. The van der Waals surface area contributed by atoms with Crippen LogP contribution in [-0.2, 0) is 11.3 Å². The molecule has 0 aliphatic heterocycles. The van der Waals surface area contributed by atoms with E-state index in [9.17, 15) is 9.59 Å². The van der Waals surface area contributed by atoms with Gasteiger partial charge in [-0.2, -0.15) is 0 Å². The first-order chi connectivity index (χ1) is 8.16. The molecule has 2 heterocycles. The first kappa shape index (κ1) is 11.6. The Bertz CT molecular complexity index is 528. The van der Waals surface area contributed by atoms with Crippen LogP contribution in [0, 0.1) is 0 Å². The maximum absolute atomic E-state index is 11.9. The molecule has 0 atom stereocenters. The van der Waals surface area contributed by atoms with Gasteiger partial charge in [-0.05, 0) is 24.3 Å². The number of hydrogen-bond acceptors (Lipinski definition) is 4. The van der Waals surface area contributed by atoms with E-state index < -0.39 is 0 Å². The van der Waals surface area contributed by atoms with Gasteiger partial charge < -0.3 is 9.73 Å². The molecule has 0 bridgehead atoms. The van der Waals surface area contributed by atoms with Crippen molar-refractivity contribution in [3.8, 4) is 0 Å². The lowest BCUT2D eigenvalue weighted by Gasteiger charge is -1.97. The summed E-state index contributed by atoms with van der Waals surface area (Å²) in [5.41, 5.74) is 0. The number of nitrogens with one attached hydrogen (secondary N) is 1. The number of hydrogen-bond donors (Lipinski definition) is 1. The van der Waals surface area contributed by atoms with E-state index in [1.165, 1.54) is 24.5 Å². The molecule has 1 N–H and O–H groups in total. The van der Waals surface area contributed by atoms with Gasteiger partial charge in [-0.15, -0.1) is 11.3 Å². The van der Waals surface area contributed by atoms with Gasteiger partial charge in [0.25, 0.3) is 0 Å². The predicted molar refractivity (Wildman–Crippen MR) is 64.0 cm³/mol. The van der Waals surface area contributed by atoms with Gasteiger partial charge in [0.15, 0.2) is 5.76 Å². The minimum absolute atomic E-state index is 0.0858. The van der Waals surface area contributed by atoms with Crippen molar-refractivity contribution >= 4 is 23.0 Å². The fourth-order valence-corrected chi connectivity index (χ4v) is 2.23. The highest BCUT2D eigenvalue weighted by Crippen LogP contribution is 2.20. The highest BCUT2D eigenvalue weighted by atomic mass is 32.1. The summed E-state index contributed by atoms with van der Waals surface area (Å²) in [7, 11) is 0. The Balaban J connectivity index is 2.08. The summed E-state index contributed by atoms with van der Waals surface area (Å²) in [5.74, 6) is 0.115. The summed E-state index contributed by atoms with van der Waals surface area (Å²) < 4.78 is 5.04. The van der Waals surface area contributed by atoms with Crippen LogP contribution in [0.25, 0.3) is 0 Å². The Hall–Kier alpha value is -1.88. The lowest BCUT2D eigenvalue weighted by Crippen LogP contribution is -2.18. The number of rotatable bonds is 4. The first-order valence-electron chi connectivity index (χ1n) is 5.08. The number of thiophene rings is 1. The van der Waals surface area contributed by atoms with Crippen LogP contribution < -0.4 is 5.32 Å². The second-order valence-electron chi connectivity index (χ2n) is 3.48. The average molecular weight is 249 g/mol. The fraction of sp³-hybridized carbons (Fsp3) is 0.167. The third-order valence-electron chi connectivity index (χ3n) is 2.14.